The van der Waals surface area contributed by atoms with E-state index < -0.39 is 25.5 Å². The summed E-state index contributed by atoms with van der Waals surface area (Å²) in [5, 5.41) is 16.2. The van der Waals surface area contributed by atoms with Gasteiger partial charge < -0.3 is 15.4 Å². The average molecular weight is 397 g/mol. The molecule has 0 heterocycles. The van der Waals surface area contributed by atoms with E-state index in [1.54, 1.807) is 7.11 Å². The molecule has 0 aliphatic rings. The number of nitrogens with one attached hydrogen (secondary N) is 3. The van der Waals surface area contributed by atoms with Crippen molar-refractivity contribution in [2.45, 2.75) is 4.90 Å². The Morgan fingerprint density at radius 1 is 1.24 bits per heavy atom. The molecule has 0 unspecified atom stereocenters. The zero-order valence-electron chi connectivity index (χ0n) is 13.6. The Bertz CT molecular complexity index is 670. The molecule has 1 aromatic rings. The minimum Gasteiger partial charge on any atom is -0.383 e. The number of ether oxygens (including phenoxy) is 1. The number of nitro groups is 1. The van der Waals surface area contributed by atoms with Crippen LogP contribution in [0.4, 0.5) is 5.69 Å². The molecule has 1 amide bonds. The number of carbonyl (C=O) groups is 1. The molecular weight excluding hydrogens is 376 g/mol. The second kappa shape index (κ2) is 11.7. The number of amides is 1. The predicted molar refractivity (Wildman–Crippen MR) is 93.3 cm³/mol. The largest absolute Gasteiger partial charge is 0.383 e. The lowest BCUT2D eigenvalue weighted by Gasteiger charge is -2.09. The highest BCUT2D eigenvalue weighted by atomic mass is 35.5. The van der Waals surface area contributed by atoms with Crippen molar-refractivity contribution in [3.8, 4) is 0 Å². The van der Waals surface area contributed by atoms with Crippen LogP contribution in [0.5, 0.6) is 0 Å². The van der Waals surface area contributed by atoms with Gasteiger partial charge in [0.25, 0.3) is 5.69 Å². The fraction of sp³-hybridized carbons (Fsp3) is 0.462. The quantitative estimate of drug-likeness (QED) is 0.264. The molecule has 0 aromatic heterocycles. The lowest BCUT2D eigenvalue weighted by Crippen LogP contribution is -2.39. The molecule has 0 fully saturated rings. The lowest BCUT2D eigenvalue weighted by atomic mass is 10.3. The third kappa shape index (κ3) is 8.23. The van der Waals surface area contributed by atoms with Gasteiger partial charge in [-0.3, -0.25) is 14.9 Å². The van der Waals surface area contributed by atoms with Crippen molar-refractivity contribution >= 4 is 34.0 Å². The summed E-state index contributed by atoms with van der Waals surface area (Å²) in [4.78, 5) is 21.2. The first kappa shape index (κ1) is 23.2. The lowest BCUT2D eigenvalue weighted by molar-refractivity contribution is -0.387. The number of sulfonamides is 1. The molecule has 3 N–H and O–H groups in total. The van der Waals surface area contributed by atoms with Gasteiger partial charge in [0, 0.05) is 32.8 Å². The number of benzene rings is 1. The molecule has 1 rings (SSSR count). The molecule has 0 aliphatic carbocycles. The minimum atomic E-state index is -4.03. The van der Waals surface area contributed by atoms with E-state index in [2.05, 4.69) is 15.4 Å². The van der Waals surface area contributed by atoms with Crippen LogP contribution in [0.15, 0.2) is 29.2 Å². The van der Waals surface area contributed by atoms with Crippen LogP contribution in [-0.2, 0) is 19.6 Å². The average Bonchev–Trinajstić information content (AvgIpc) is 2.55. The van der Waals surface area contributed by atoms with E-state index in [9.17, 15) is 23.3 Å². The molecule has 0 bridgehead atoms. The first-order valence-electron chi connectivity index (χ1n) is 7.08. The number of nitro benzene ring substituents is 1. The Morgan fingerprint density at radius 3 is 2.56 bits per heavy atom. The smallest absolute Gasteiger partial charge is 0.289 e. The Balaban J connectivity index is 0.00000576. The van der Waals surface area contributed by atoms with Gasteiger partial charge in [-0.2, -0.15) is 0 Å². The number of rotatable bonds is 11. The second-order valence-corrected chi connectivity index (χ2v) is 6.38. The Kier molecular flexibility index (Phi) is 10.9. The number of nitrogens with zero attached hydrogens (tertiary/aromatic N) is 1. The minimum absolute atomic E-state index is 0. The molecule has 0 spiro atoms. The maximum atomic E-state index is 12.1. The van der Waals surface area contributed by atoms with E-state index in [0.29, 0.717) is 13.2 Å². The van der Waals surface area contributed by atoms with Crippen molar-refractivity contribution < 1.29 is 22.9 Å². The fourth-order valence-corrected chi connectivity index (χ4v) is 2.94. The third-order valence-corrected chi connectivity index (χ3v) is 4.37. The Hall–Kier alpha value is -1.79. The van der Waals surface area contributed by atoms with Crippen LogP contribution in [0.25, 0.3) is 0 Å². The van der Waals surface area contributed by atoms with E-state index in [1.807, 2.05) is 0 Å². The van der Waals surface area contributed by atoms with Gasteiger partial charge in [-0.15, -0.1) is 12.4 Å². The van der Waals surface area contributed by atoms with Gasteiger partial charge >= 0.3 is 0 Å². The normalized spacial score (nSPS) is 10.8. The van der Waals surface area contributed by atoms with Crippen LogP contribution >= 0.6 is 12.4 Å². The molecular formula is C13H21ClN4O6S. The maximum absolute atomic E-state index is 12.1. The summed E-state index contributed by atoms with van der Waals surface area (Å²) >= 11 is 0. The van der Waals surface area contributed by atoms with Gasteiger partial charge in [0.1, 0.15) is 0 Å². The molecule has 1 aromatic carbocycles. The van der Waals surface area contributed by atoms with Crippen LogP contribution in [0, 0.1) is 10.1 Å². The van der Waals surface area contributed by atoms with Gasteiger partial charge in [0.15, 0.2) is 4.90 Å². The summed E-state index contributed by atoms with van der Waals surface area (Å²) in [5.41, 5.74) is -0.503. The molecule has 0 saturated carbocycles. The Morgan fingerprint density at radius 2 is 1.92 bits per heavy atom. The number of methoxy groups -OCH3 is 1. The van der Waals surface area contributed by atoms with Crippen LogP contribution in [0.3, 0.4) is 0 Å². The van der Waals surface area contributed by atoms with E-state index in [1.165, 1.54) is 12.1 Å². The van der Waals surface area contributed by atoms with Gasteiger partial charge in [-0.1, -0.05) is 12.1 Å². The van der Waals surface area contributed by atoms with Crippen molar-refractivity contribution in [1.29, 1.82) is 0 Å². The first-order valence-corrected chi connectivity index (χ1v) is 8.56. The summed E-state index contributed by atoms with van der Waals surface area (Å²) in [5.74, 6) is -0.295. The number of hydrogen-bond donors (Lipinski definition) is 3. The summed E-state index contributed by atoms with van der Waals surface area (Å²) in [7, 11) is -2.49. The molecule has 12 heteroatoms. The molecule has 0 atom stereocenters. The zero-order chi connectivity index (χ0) is 18.0. The monoisotopic (exact) mass is 396 g/mol. The topological polar surface area (TPSA) is 140 Å². The zero-order valence-corrected chi connectivity index (χ0v) is 15.2. The summed E-state index contributed by atoms with van der Waals surface area (Å²) < 4.78 is 31.2. The molecule has 10 nitrogen and oxygen atoms in total. The van der Waals surface area contributed by atoms with Crippen molar-refractivity contribution in [1.82, 2.24) is 15.4 Å². The molecule has 142 valence electrons. The van der Waals surface area contributed by atoms with Crippen LogP contribution in [0.1, 0.15) is 0 Å². The summed E-state index contributed by atoms with van der Waals surface area (Å²) in [6, 6.07) is 5.05. The SMILES string of the molecule is COCCNCC(=O)NCCNS(=O)(=O)c1ccccc1[N+](=O)[O-].Cl. The van der Waals surface area contributed by atoms with Crippen molar-refractivity contribution in [2.24, 2.45) is 0 Å². The summed E-state index contributed by atoms with van der Waals surface area (Å²) in [6.07, 6.45) is 0. The highest BCUT2D eigenvalue weighted by molar-refractivity contribution is 7.89. The highest BCUT2D eigenvalue weighted by Crippen LogP contribution is 2.22. The van der Waals surface area contributed by atoms with Gasteiger partial charge in [-0.05, 0) is 6.07 Å². The van der Waals surface area contributed by atoms with Crippen LogP contribution in [-0.4, -0.2) is 59.1 Å². The number of hydrogen-bond acceptors (Lipinski definition) is 7. The second-order valence-electron chi connectivity index (χ2n) is 4.64. The molecule has 0 radical (unpaired) electrons. The van der Waals surface area contributed by atoms with E-state index in [0.717, 1.165) is 12.1 Å². The standard InChI is InChI=1S/C13H20N4O6S.ClH/c1-23-9-8-14-10-13(18)15-6-7-16-24(21,22)12-5-3-2-4-11(12)17(19)20;/h2-5,14,16H,6-10H2,1H3,(H,15,18);1H. The van der Waals surface area contributed by atoms with Crippen molar-refractivity contribution in [3.63, 3.8) is 0 Å². The van der Waals surface area contributed by atoms with E-state index in [-0.39, 0.29) is 37.9 Å². The molecule has 0 saturated heterocycles. The van der Waals surface area contributed by atoms with Crippen molar-refractivity contribution in [2.75, 3.05) is 39.9 Å². The van der Waals surface area contributed by atoms with Crippen molar-refractivity contribution in [3.05, 3.63) is 34.4 Å². The third-order valence-electron chi connectivity index (χ3n) is 2.86. The van der Waals surface area contributed by atoms with E-state index >= 15 is 0 Å². The number of carbonyl (C=O) groups excluding carboxylic acids is 1. The van der Waals surface area contributed by atoms with Gasteiger partial charge in [-0.25, -0.2) is 13.1 Å². The first-order chi connectivity index (χ1) is 11.4. The van der Waals surface area contributed by atoms with Crippen LogP contribution < -0.4 is 15.4 Å². The fourth-order valence-electron chi connectivity index (χ4n) is 1.74. The van der Waals surface area contributed by atoms with Gasteiger partial charge in [0.2, 0.25) is 15.9 Å². The number of para-hydroxylation sites is 1. The van der Waals surface area contributed by atoms with E-state index in [4.69, 9.17) is 4.74 Å². The number of halogens is 1. The predicted octanol–water partition coefficient (Wildman–Crippen LogP) is -0.353. The molecule has 0 aliphatic heterocycles. The Labute approximate surface area is 151 Å². The maximum Gasteiger partial charge on any atom is 0.289 e. The summed E-state index contributed by atoms with van der Waals surface area (Å²) in [6.45, 7) is 1.06. The van der Waals surface area contributed by atoms with Crippen LogP contribution in [0.2, 0.25) is 0 Å². The van der Waals surface area contributed by atoms with Gasteiger partial charge in [0.05, 0.1) is 18.1 Å². The highest BCUT2D eigenvalue weighted by Gasteiger charge is 2.24. The molecule has 25 heavy (non-hydrogen) atoms.